The van der Waals surface area contributed by atoms with E-state index in [1.54, 1.807) is 0 Å². The van der Waals surface area contributed by atoms with Crippen LogP contribution >= 0.6 is 0 Å². The molecule has 0 aliphatic rings. The van der Waals surface area contributed by atoms with Gasteiger partial charge in [-0.1, -0.05) is 13.8 Å². The Labute approximate surface area is 105 Å². The lowest BCUT2D eigenvalue weighted by molar-refractivity contribution is 0.605. The summed E-state index contributed by atoms with van der Waals surface area (Å²) < 4.78 is 1.44. The lowest BCUT2D eigenvalue weighted by Crippen LogP contribution is -2.13. The summed E-state index contributed by atoms with van der Waals surface area (Å²) in [5.74, 6) is 1.58. The van der Waals surface area contributed by atoms with E-state index >= 15 is 0 Å². The second kappa shape index (κ2) is 5.39. The molecule has 8 heteroatoms. The summed E-state index contributed by atoms with van der Waals surface area (Å²) >= 11 is 0. The molecular weight excluding hydrogens is 232 g/mol. The van der Waals surface area contributed by atoms with Crippen LogP contribution in [-0.2, 0) is 0 Å². The van der Waals surface area contributed by atoms with Crippen LogP contribution in [-0.4, -0.2) is 36.3 Å². The zero-order valence-electron chi connectivity index (χ0n) is 10.4. The molecule has 0 saturated carbocycles. The normalized spacial score (nSPS) is 10.8. The van der Waals surface area contributed by atoms with Gasteiger partial charge in [-0.05, 0) is 12.3 Å². The Hall–Kier alpha value is -2.25. The van der Waals surface area contributed by atoms with Gasteiger partial charge in [0.1, 0.15) is 12.7 Å². The van der Waals surface area contributed by atoms with Crippen molar-refractivity contribution in [1.29, 1.82) is 0 Å². The summed E-state index contributed by atoms with van der Waals surface area (Å²) in [6, 6.07) is 0. The van der Waals surface area contributed by atoms with E-state index in [-0.39, 0.29) is 5.95 Å². The van der Waals surface area contributed by atoms with Crippen LogP contribution in [0.1, 0.15) is 20.3 Å². The Morgan fingerprint density at radius 3 is 2.83 bits per heavy atom. The molecule has 0 saturated heterocycles. The third kappa shape index (κ3) is 3.12. The molecule has 2 aromatic rings. The molecule has 0 aromatic carbocycles. The molecule has 0 unspecified atom stereocenters. The summed E-state index contributed by atoms with van der Waals surface area (Å²) in [4.78, 5) is 16.1. The molecule has 2 heterocycles. The number of hydrogen-bond donors (Lipinski definition) is 2. The molecule has 3 N–H and O–H groups in total. The fourth-order valence-electron chi connectivity index (χ4n) is 1.35. The Morgan fingerprint density at radius 2 is 2.17 bits per heavy atom. The summed E-state index contributed by atoms with van der Waals surface area (Å²) in [7, 11) is 0. The number of rotatable bonds is 5. The van der Waals surface area contributed by atoms with E-state index in [0.29, 0.717) is 17.8 Å². The van der Waals surface area contributed by atoms with Gasteiger partial charge in [0.25, 0.3) is 5.95 Å². The molecule has 2 aromatic heterocycles. The Morgan fingerprint density at radius 1 is 1.33 bits per heavy atom. The maximum Gasteiger partial charge on any atom is 0.258 e. The third-order valence-electron chi connectivity index (χ3n) is 2.27. The van der Waals surface area contributed by atoms with Gasteiger partial charge < -0.3 is 11.1 Å². The van der Waals surface area contributed by atoms with Crippen LogP contribution in [0.4, 0.5) is 11.9 Å². The zero-order chi connectivity index (χ0) is 13.0. The first-order valence-electron chi connectivity index (χ1n) is 5.75. The molecule has 2 rings (SSSR count). The van der Waals surface area contributed by atoms with Gasteiger partial charge in [-0.25, -0.2) is 4.98 Å². The molecule has 8 nitrogen and oxygen atoms in total. The molecule has 0 radical (unpaired) electrons. The lowest BCUT2D eigenvalue weighted by atomic mass is 10.1. The van der Waals surface area contributed by atoms with Crippen LogP contribution < -0.4 is 11.1 Å². The van der Waals surface area contributed by atoms with Gasteiger partial charge in [-0.15, -0.1) is 0 Å². The number of nitrogen functional groups attached to an aromatic ring is 1. The summed E-state index contributed by atoms with van der Waals surface area (Å²) in [6.45, 7) is 5.10. The van der Waals surface area contributed by atoms with Crippen molar-refractivity contribution >= 4 is 11.9 Å². The number of nitrogens with one attached hydrogen (secondary N) is 1. The largest absolute Gasteiger partial charge is 0.368 e. The van der Waals surface area contributed by atoms with Crippen LogP contribution in [0.15, 0.2) is 12.7 Å². The van der Waals surface area contributed by atoms with Crippen molar-refractivity contribution < 1.29 is 0 Å². The maximum atomic E-state index is 5.63. The van der Waals surface area contributed by atoms with Gasteiger partial charge in [-0.2, -0.15) is 24.7 Å². The van der Waals surface area contributed by atoms with Crippen molar-refractivity contribution in [3.05, 3.63) is 12.7 Å². The van der Waals surface area contributed by atoms with Crippen molar-refractivity contribution in [3.63, 3.8) is 0 Å². The van der Waals surface area contributed by atoms with Crippen molar-refractivity contribution in [1.82, 2.24) is 29.7 Å². The summed E-state index contributed by atoms with van der Waals surface area (Å²) in [5, 5.41) is 7.06. The molecule has 0 bridgehead atoms. The van der Waals surface area contributed by atoms with Gasteiger partial charge in [-0.3, -0.25) is 0 Å². The monoisotopic (exact) mass is 248 g/mol. The van der Waals surface area contributed by atoms with Crippen LogP contribution in [0, 0.1) is 5.92 Å². The highest BCUT2D eigenvalue weighted by Crippen LogP contribution is 2.06. The van der Waals surface area contributed by atoms with Crippen molar-refractivity contribution in [3.8, 4) is 5.95 Å². The van der Waals surface area contributed by atoms with Gasteiger partial charge in [0.2, 0.25) is 11.9 Å². The number of nitrogens with zero attached hydrogens (tertiary/aromatic N) is 6. The molecule has 0 atom stereocenters. The summed E-state index contributed by atoms with van der Waals surface area (Å²) in [5.41, 5.74) is 5.63. The van der Waals surface area contributed by atoms with Gasteiger partial charge in [0, 0.05) is 6.54 Å². The maximum absolute atomic E-state index is 5.63. The molecule has 0 aliphatic carbocycles. The minimum Gasteiger partial charge on any atom is -0.368 e. The molecule has 96 valence electrons. The van der Waals surface area contributed by atoms with Crippen LogP contribution in [0.2, 0.25) is 0 Å². The second-order valence-electron chi connectivity index (χ2n) is 4.27. The van der Waals surface area contributed by atoms with Crippen LogP contribution in [0.5, 0.6) is 0 Å². The molecule has 0 spiro atoms. The highest BCUT2D eigenvalue weighted by atomic mass is 15.4. The quantitative estimate of drug-likeness (QED) is 0.792. The molecular formula is C10H16N8. The van der Waals surface area contributed by atoms with E-state index in [1.807, 2.05) is 0 Å². The predicted molar refractivity (Wildman–Crippen MR) is 67.1 cm³/mol. The molecule has 0 aliphatic heterocycles. The standard InChI is InChI=1S/C10H16N8/c1-7(2)3-4-13-9-15-8(11)16-10(17-9)18-6-12-5-14-18/h5-7H,3-4H2,1-2H3,(H3,11,13,15,16,17). The second-order valence-corrected chi connectivity index (χ2v) is 4.27. The van der Waals surface area contributed by atoms with Crippen LogP contribution in [0.25, 0.3) is 5.95 Å². The minimum atomic E-state index is 0.155. The number of hydrogen-bond acceptors (Lipinski definition) is 7. The first-order valence-corrected chi connectivity index (χ1v) is 5.75. The van der Waals surface area contributed by atoms with E-state index in [4.69, 9.17) is 5.73 Å². The smallest absolute Gasteiger partial charge is 0.258 e. The fraction of sp³-hybridized carbons (Fsp3) is 0.500. The van der Waals surface area contributed by atoms with Crippen LogP contribution in [0.3, 0.4) is 0 Å². The predicted octanol–water partition coefficient (Wildman–Crippen LogP) is 0.492. The topological polar surface area (TPSA) is 107 Å². The van der Waals surface area contributed by atoms with Crippen molar-refractivity contribution in [2.75, 3.05) is 17.6 Å². The van der Waals surface area contributed by atoms with Gasteiger partial charge in [0.05, 0.1) is 0 Å². The Bertz CT molecular complexity index is 493. The minimum absolute atomic E-state index is 0.155. The zero-order valence-corrected chi connectivity index (χ0v) is 10.4. The molecule has 18 heavy (non-hydrogen) atoms. The average Bonchev–Trinajstić information content (AvgIpc) is 2.81. The van der Waals surface area contributed by atoms with Crippen molar-refractivity contribution in [2.24, 2.45) is 5.92 Å². The first kappa shape index (κ1) is 12.2. The average molecular weight is 248 g/mol. The third-order valence-corrected chi connectivity index (χ3v) is 2.27. The van der Waals surface area contributed by atoms with E-state index in [2.05, 4.69) is 44.2 Å². The number of anilines is 2. The van der Waals surface area contributed by atoms with Gasteiger partial charge >= 0.3 is 0 Å². The Kier molecular flexibility index (Phi) is 3.66. The van der Waals surface area contributed by atoms with E-state index in [9.17, 15) is 0 Å². The van der Waals surface area contributed by atoms with Crippen molar-refractivity contribution in [2.45, 2.75) is 20.3 Å². The first-order chi connectivity index (χ1) is 8.65. The van der Waals surface area contributed by atoms with E-state index < -0.39 is 0 Å². The Balaban J connectivity index is 2.12. The van der Waals surface area contributed by atoms with E-state index in [0.717, 1.165) is 13.0 Å². The SMILES string of the molecule is CC(C)CCNc1nc(N)nc(-n2cncn2)n1. The fourth-order valence-corrected chi connectivity index (χ4v) is 1.35. The number of aromatic nitrogens is 6. The van der Waals surface area contributed by atoms with Gasteiger partial charge in [0.15, 0.2) is 0 Å². The molecule has 0 amide bonds. The highest BCUT2D eigenvalue weighted by molar-refractivity contribution is 5.34. The lowest BCUT2D eigenvalue weighted by Gasteiger charge is -2.08. The number of nitrogens with two attached hydrogens (primary N) is 1. The summed E-state index contributed by atoms with van der Waals surface area (Å²) in [6.07, 6.45) is 3.95. The molecule has 0 fully saturated rings. The van der Waals surface area contributed by atoms with E-state index in [1.165, 1.54) is 17.3 Å². The highest BCUT2D eigenvalue weighted by Gasteiger charge is 2.06.